The molecule has 1 heterocycles. The second-order valence-corrected chi connectivity index (χ2v) is 5.54. The van der Waals surface area contributed by atoms with Crippen molar-refractivity contribution in [1.29, 1.82) is 0 Å². The van der Waals surface area contributed by atoms with E-state index >= 15 is 0 Å². The van der Waals surface area contributed by atoms with Crippen LogP contribution >= 0.6 is 27.7 Å². The van der Waals surface area contributed by atoms with Gasteiger partial charge < -0.3 is 4.57 Å². The van der Waals surface area contributed by atoms with Crippen LogP contribution in [0, 0.1) is 0 Å². The summed E-state index contributed by atoms with van der Waals surface area (Å²) in [4.78, 5) is 5.67. The minimum absolute atomic E-state index is 0.996. The lowest BCUT2D eigenvalue weighted by molar-refractivity contribution is 0.891. The van der Waals surface area contributed by atoms with Crippen LogP contribution in [0.2, 0.25) is 0 Å². The van der Waals surface area contributed by atoms with Gasteiger partial charge in [0.25, 0.3) is 0 Å². The van der Waals surface area contributed by atoms with E-state index in [1.165, 1.54) is 4.90 Å². The van der Waals surface area contributed by atoms with Gasteiger partial charge >= 0.3 is 0 Å². The summed E-state index contributed by atoms with van der Waals surface area (Å²) in [5, 5.41) is 0. The van der Waals surface area contributed by atoms with Crippen molar-refractivity contribution in [3.8, 4) is 11.3 Å². The Hall–Kier alpha value is -0.740. The lowest BCUT2D eigenvalue weighted by Crippen LogP contribution is -1.84. The zero-order chi connectivity index (χ0) is 11.5. The van der Waals surface area contributed by atoms with Crippen LogP contribution in [0.1, 0.15) is 6.92 Å². The first kappa shape index (κ1) is 11.7. The molecule has 0 aliphatic carbocycles. The molecule has 0 N–H and O–H groups in total. The average molecular weight is 297 g/mol. The maximum atomic E-state index is 4.37. The summed E-state index contributed by atoms with van der Waals surface area (Å²) in [5.74, 6) is 1.10. The summed E-state index contributed by atoms with van der Waals surface area (Å²) in [6.07, 6.45) is 1.81. The largest absolute Gasteiger partial charge is 0.328 e. The molecule has 0 atom stereocenters. The number of benzene rings is 1. The number of halogens is 1. The molecule has 4 heteroatoms. The average Bonchev–Trinajstić information content (AvgIpc) is 2.62. The summed E-state index contributed by atoms with van der Waals surface area (Å²) in [6, 6.07) is 8.52. The summed E-state index contributed by atoms with van der Waals surface area (Å²) < 4.78 is 2.98. The molecule has 0 amide bonds. The number of aromatic nitrogens is 2. The zero-order valence-electron chi connectivity index (χ0n) is 9.27. The molecule has 0 aliphatic heterocycles. The van der Waals surface area contributed by atoms with Crippen LogP contribution in [0.4, 0.5) is 0 Å². The van der Waals surface area contributed by atoms with E-state index < -0.39 is 0 Å². The number of thioether (sulfide) groups is 1. The number of hydrogen-bond donors (Lipinski definition) is 0. The first-order chi connectivity index (χ1) is 7.72. The van der Waals surface area contributed by atoms with E-state index in [9.17, 15) is 0 Å². The van der Waals surface area contributed by atoms with Crippen molar-refractivity contribution in [2.24, 2.45) is 7.05 Å². The van der Waals surface area contributed by atoms with E-state index in [-0.39, 0.29) is 0 Å². The molecule has 0 spiro atoms. The van der Waals surface area contributed by atoms with Gasteiger partial charge in [-0.1, -0.05) is 19.1 Å². The van der Waals surface area contributed by atoms with Crippen LogP contribution in [-0.2, 0) is 7.05 Å². The van der Waals surface area contributed by atoms with Gasteiger partial charge in [0.1, 0.15) is 10.3 Å². The van der Waals surface area contributed by atoms with Gasteiger partial charge in [-0.15, -0.1) is 11.8 Å². The van der Waals surface area contributed by atoms with Crippen molar-refractivity contribution in [3.05, 3.63) is 35.2 Å². The topological polar surface area (TPSA) is 17.8 Å². The van der Waals surface area contributed by atoms with Gasteiger partial charge in [0.15, 0.2) is 0 Å². The summed E-state index contributed by atoms with van der Waals surface area (Å²) in [5.41, 5.74) is 2.14. The predicted octanol–water partition coefficient (Wildman–Crippen LogP) is 3.96. The van der Waals surface area contributed by atoms with Crippen molar-refractivity contribution in [2.45, 2.75) is 11.8 Å². The quantitative estimate of drug-likeness (QED) is 0.798. The third-order valence-electron chi connectivity index (χ3n) is 2.30. The number of rotatable bonds is 3. The Labute approximate surface area is 108 Å². The molecule has 0 unspecified atom stereocenters. The second kappa shape index (κ2) is 5.06. The monoisotopic (exact) mass is 296 g/mol. The Balaban J connectivity index is 2.31. The second-order valence-electron chi connectivity index (χ2n) is 3.45. The number of imidazole rings is 1. The van der Waals surface area contributed by atoms with E-state index in [0.717, 1.165) is 21.6 Å². The predicted molar refractivity (Wildman–Crippen MR) is 72.7 cm³/mol. The molecule has 0 bridgehead atoms. The van der Waals surface area contributed by atoms with Crippen LogP contribution in [0.15, 0.2) is 40.1 Å². The van der Waals surface area contributed by atoms with E-state index in [1.54, 1.807) is 0 Å². The fourth-order valence-electron chi connectivity index (χ4n) is 1.48. The van der Waals surface area contributed by atoms with Gasteiger partial charge in [-0.2, -0.15) is 0 Å². The highest BCUT2D eigenvalue weighted by atomic mass is 79.9. The highest BCUT2D eigenvalue weighted by Gasteiger charge is 2.07. The van der Waals surface area contributed by atoms with Gasteiger partial charge in [0, 0.05) is 17.5 Å². The van der Waals surface area contributed by atoms with Crippen LogP contribution in [-0.4, -0.2) is 15.3 Å². The van der Waals surface area contributed by atoms with Crippen molar-refractivity contribution in [1.82, 2.24) is 9.55 Å². The van der Waals surface area contributed by atoms with Crippen LogP contribution in [0.25, 0.3) is 11.3 Å². The Kier molecular flexibility index (Phi) is 3.71. The lowest BCUT2D eigenvalue weighted by Gasteiger charge is -2.01. The summed E-state index contributed by atoms with van der Waals surface area (Å²) in [6.45, 7) is 2.16. The molecule has 16 heavy (non-hydrogen) atoms. The highest BCUT2D eigenvalue weighted by Crippen LogP contribution is 2.28. The summed E-state index contributed by atoms with van der Waals surface area (Å²) in [7, 11) is 1.97. The normalized spacial score (nSPS) is 10.7. The minimum atomic E-state index is 0.996. The molecule has 0 radical (unpaired) electrons. The van der Waals surface area contributed by atoms with Gasteiger partial charge in [0.05, 0.1) is 6.33 Å². The molecular formula is C12H13BrN2S. The van der Waals surface area contributed by atoms with Gasteiger partial charge in [-0.05, 0) is 33.8 Å². The SMILES string of the molecule is CCSc1ccc(-c2ncn(C)c2Br)cc1. The van der Waals surface area contributed by atoms with E-state index in [0.29, 0.717) is 0 Å². The van der Waals surface area contributed by atoms with E-state index in [1.807, 2.05) is 29.7 Å². The number of nitrogens with zero attached hydrogens (tertiary/aromatic N) is 2. The first-order valence-electron chi connectivity index (χ1n) is 5.12. The molecule has 0 aliphatic rings. The van der Waals surface area contributed by atoms with Crippen LogP contribution in [0.3, 0.4) is 0 Å². The molecule has 2 aromatic rings. The third kappa shape index (κ3) is 2.33. The van der Waals surface area contributed by atoms with E-state index in [2.05, 4.69) is 52.1 Å². The molecule has 84 valence electrons. The van der Waals surface area contributed by atoms with E-state index in [4.69, 9.17) is 0 Å². The maximum absolute atomic E-state index is 4.37. The van der Waals surface area contributed by atoms with Gasteiger partial charge in [-0.25, -0.2) is 4.98 Å². The molecule has 0 saturated carbocycles. The zero-order valence-corrected chi connectivity index (χ0v) is 11.7. The van der Waals surface area contributed by atoms with Gasteiger partial charge in [0.2, 0.25) is 0 Å². The molecule has 0 saturated heterocycles. The molecule has 2 nitrogen and oxygen atoms in total. The van der Waals surface area contributed by atoms with Crippen molar-refractivity contribution in [2.75, 3.05) is 5.75 Å². The third-order valence-corrected chi connectivity index (χ3v) is 4.13. The van der Waals surface area contributed by atoms with Crippen molar-refractivity contribution in [3.63, 3.8) is 0 Å². The molecular weight excluding hydrogens is 284 g/mol. The minimum Gasteiger partial charge on any atom is -0.328 e. The number of aryl methyl sites for hydroxylation is 1. The smallest absolute Gasteiger partial charge is 0.112 e. The van der Waals surface area contributed by atoms with Gasteiger partial charge in [-0.3, -0.25) is 0 Å². The number of hydrogen-bond acceptors (Lipinski definition) is 2. The maximum Gasteiger partial charge on any atom is 0.112 e. The first-order valence-corrected chi connectivity index (χ1v) is 6.90. The highest BCUT2D eigenvalue weighted by molar-refractivity contribution is 9.10. The van der Waals surface area contributed by atoms with Crippen molar-refractivity contribution < 1.29 is 0 Å². The molecule has 1 aromatic heterocycles. The summed E-state index contributed by atoms with van der Waals surface area (Å²) >= 11 is 5.38. The molecule has 2 rings (SSSR count). The standard InChI is InChI=1S/C12H13BrN2S/c1-3-16-10-6-4-9(5-7-10)11-12(13)15(2)8-14-11/h4-8H,3H2,1-2H3. The molecule has 0 fully saturated rings. The molecule has 1 aromatic carbocycles. The fourth-order valence-corrected chi connectivity index (χ4v) is 2.57. The Morgan fingerprint density at radius 3 is 2.50 bits per heavy atom. The van der Waals surface area contributed by atoms with Crippen LogP contribution < -0.4 is 0 Å². The Bertz CT molecular complexity index is 476. The Morgan fingerprint density at radius 1 is 1.31 bits per heavy atom. The lowest BCUT2D eigenvalue weighted by atomic mass is 10.2. The Morgan fingerprint density at radius 2 is 2.00 bits per heavy atom. The van der Waals surface area contributed by atoms with Crippen molar-refractivity contribution >= 4 is 27.7 Å². The van der Waals surface area contributed by atoms with Crippen LogP contribution in [0.5, 0.6) is 0 Å². The fraction of sp³-hybridized carbons (Fsp3) is 0.250.